The molecule has 3 fully saturated rings. The highest BCUT2D eigenvalue weighted by atomic mass is 19.1. The molecule has 0 bridgehead atoms. The van der Waals surface area contributed by atoms with Gasteiger partial charge in [0.05, 0.1) is 17.1 Å². The van der Waals surface area contributed by atoms with Crippen LogP contribution in [0.3, 0.4) is 0 Å². The number of rotatable bonds is 4. The third-order valence-corrected chi connectivity index (χ3v) is 9.33. The van der Waals surface area contributed by atoms with Gasteiger partial charge < -0.3 is 25.4 Å². The molecule has 0 aliphatic carbocycles. The fraction of sp³-hybridized carbons (Fsp3) is 0.467. The molecule has 3 saturated heterocycles. The number of hydrogen-bond acceptors (Lipinski definition) is 10. The van der Waals surface area contributed by atoms with Gasteiger partial charge in [-0.1, -0.05) is 18.2 Å². The SMILES string of the molecule is C[C@@H]1Oc2nc(-c3cccc4ccc(N)nc34)c(F)c3nc(OC[C@@]45CCCN4C[C@H](F)C5)nc(c23)N2CCNC[C@@H]12. The number of alkyl halides is 1. The van der Waals surface area contributed by atoms with Crippen molar-refractivity contribution in [3.8, 4) is 23.1 Å². The van der Waals surface area contributed by atoms with Crippen molar-refractivity contribution in [2.45, 2.75) is 50.0 Å². The molecule has 0 amide bonds. The first-order chi connectivity index (χ1) is 20.4. The van der Waals surface area contributed by atoms with Crippen LogP contribution in [0.2, 0.25) is 0 Å². The number of hydrogen-bond donors (Lipinski definition) is 2. The van der Waals surface area contributed by atoms with Crippen molar-refractivity contribution in [1.29, 1.82) is 0 Å². The Labute approximate surface area is 241 Å². The Bertz CT molecular complexity index is 1720. The average Bonchev–Trinajstić information content (AvgIpc) is 3.48. The van der Waals surface area contributed by atoms with Crippen molar-refractivity contribution in [3.63, 3.8) is 0 Å². The van der Waals surface area contributed by atoms with Gasteiger partial charge in [0.15, 0.2) is 5.82 Å². The smallest absolute Gasteiger partial charge is 0.319 e. The van der Waals surface area contributed by atoms with Gasteiger partial charge in [-0.3, -0.25) is 4.90 Å². The molecule has 8 rings (SSSR count). The largest absolute Gasteiger partial charge is 0.472 e. The van der Waals surface area contributed by atoms with Crippen LogP contribution in [0.15, 0.2) is 30.3 Å². The predicted octanol–water partition coefficient (Wildman–Crippen LogP) is 3.48. The van der Waals surface area contributed by atoms with Crippen LogP contribution in [0.25, 0.3) is 33.1 Å². The van der Waals surface area contributed by atoms with Gasteiger partial charge in [-0.2, -0.15) is 9.97 Å². The third kappa shape index (κ3) is 3.95. The summed E-state index contributed by atoms with van der Waals surface area (Å²) >= 11 is 0. The second kappa shape index (κ2) is 9.56. The van der Waals surface area contributed by atoms with Gasteiger partial charge in [0.2, 0.25) is 5.88 Å². The van der Waals surface area contributed by atoms with Crippen LogP contribution in [0.4, 0.5) is 20.4 Å². The van der Waals surface area contributed by atoms with Gasteiger partial charge in [0, 0.05) is 43.5 Å². The number of benzene rings is 1. The highest BCUT2D eigenvalue weighted by Crippen LogP contribution is 2.44. The van der Waals surface area contributed by atoms with E-state index in [9.17, 15) is 4.39 Å². The molecule has 4 aromatic rings. The van der Waals surface area contributed by atoms with Gasteiger partial charge >= 0.3 is 6.01 Å². The molecule has 4 atom stereocenters. The number of pyridine rings is 2. The predicted molar refractivity (Wildman–Crippen MR) is 155 cm³/mol. The summed E-state index contributed by atoms with van der Waals surface area (Å²) in [4.78, 5) is 23.0. The molecule has 218 valence electrons. The Hall–Kier alpha value is -3.90. The molecule has 0 spiro atoms. The molecule has 0 saturated carbocycles. The van der Waals surface area contributed by atoms with E-state index in [-0.39, 0.29) is 47.4 Å². The molecule has 0 radical (unpaired) electrons. The normalized spacial score (nSPS) is 27.1. The minimum Gasteiger partial charge on any atom is -0.472 e. The number of nitrogens with one attached hydrogen (secondary N) is 1. The van der Waals surface area contributed by atoms with E-state index in [1.165, 1.54) is 0 Å². The van der Waals surface area contributed by atoms with E-state index in [1.807, 2.05) is 25.1 Å². The Morgan fingerprint density at radius 2 is 2.05 bits per heavy atom. The summed E-state index contributed by atoms with van der Waals surface area (Å²) in [5, 5.41) is 4.65. The van der Waals surface area contributed by atoms with Crippen LogP contribution >= 0.6 is 0 Å². The Balaban J connectivity index is 1.31. The fourth-order valence-corrected chi connectivity index (χ4v) is 7.30. The summed E-state index contributed by atoms with van der Waals surface area (Å²) in [5.74, 6) is 0.512. The second-order valence-corrected chi connectivity index (χ2v) is 11.9. The summed E-state index contributed by atoms with van der Waals surface area (Å²) in [5.41, 5.74) is 6.78. The van der Waals surface area contributed by atoms with Crippen LogP contribution < -0.4 is 25.4 Å². The number of nitrogen functional groups attached to an aromatic ring is 1. The van der Waals surface area contributed by atoms with Crippen LogP contribution in [-0.4, -0.2) is 88.0 Å². The van der Waals surface area contributed by atoms with Gasteiger partial charge in [0.25, 0.3) is 0 Å². The zero-order valence-electron chi connectivity index (χ0n) is 23.3. The number of nitrogens with zero attached hydrogens (tertiary/aromatic N) is 6. The van der Waals surface area contributed by atoms with Gasteiger partial charge in [-0.15, -0.1) is 0 Å². The van der Waals surface area contributed by atoms with E-state index in [0.29, 0.717) is 54.2 Å². The van der Waals surface area contributed by atoms with Gasteiger partial charge in [-0.05, 0) is 38.4 Å². The minimum absolute atomic E-state index is 0.0597. The fourth-order valence-electron chi connectivity index (χ4n) is 7.30. The molecule has 4 aliphatic rings. The van der Waals surface area contributed by atoms with Crippen LogP contribution in [0.1, 0.15) is 26.2 Å². The first-order valence-corrected chi connectivity index (χ1v) is 14.6. The van der Waals surface area contributed by atoms with Gasteiger partial charge in [-0.25, -0.2) is 18.7 Å². The molecule has 4 aliphatic heterocycles. The molecule has 1 aromatic carbocycles. The van der Waals surface area contributed by atoms with Crippen molar-refractivity contribution >= 4 is 33.4 Å². The van der Waals surface area contributed by atoms with Crippen LogP contribution in [0, 0.1) is 5.82 Å². The van der Waals surface area contributed by atoms with Crippen molar-refractivity contribution in [3.05, 3.63) is 36.1 Å². The molecular formula is C30H32F2N8O2. The quantitative estimate of drug-likeness (QED) is 0.376. The molecular weight excluding hydrogens is 542 g/mol. The molecule has 42 heavy (non-hydrogen) atoms. The summed E-state index contributed by atoms with van der Waals surface area (Å²) in [7, 11) is 0. The molecule has 3 aromatic heterocycles. The number of anilines is 2. The molecule has 3 N–H and O–H groups in total. The first-order valence-electron chi connectivity index (χ1n) is 14.6. The molecule has 12 heteroatoms. The monoisotopic (exact) mass is 574 g/mol. The third-order valence-electron chi connectivity index (χ3n) is 9.33. The maximum absolute atomic E-state index is 16.7. The van der Waals surface area contributed by atoms with Crippen LogP contribution in [0.5, 0.6) is 11.9 Å². The Morgan fingerprint density at radius 3 is 2.95 bits per heavy atom. The lowest BCUT2D eigenvalue weighted by molar-refractivity contribution is 0.107. The molecule has 0 unspecified atom stereocenters. The van der Waals surface area contributed by atoms with Crippen molar-refractivity contribution < 1.29 is 18.3 Å². The number of ether oxygens (including phenoxy) is 2. The highest BCUT2D eigenvalue weighted by molar-refractivity contribution is 6.00. The van der Waals surface area contributed by atoms with Crippen molar-refractivity contribution in [1.82, 2.24) is 30.2 Å². The van der Waals surface area contributed by atoms with E-state index >= 15 is 4.39 Å². The second-order valence-electron chi connectivity index (χ2n) is 11.9. The average molecular weight is 575 g/mol. The van der Waals surface area contributed by atoms with E-state index in [1.54, 1.807) is 12.1 Å². The Kier molecular flexibility index (Phi) is 5.87. The maximum Gasteiger partial charge on any atom is 0.319 e. The number of para-hydroxylation sites is 1. The summed E-state index contributed by atoms with van der Waals surface area (Å²) in [6, 6.07) is 9.06. The maximum atomic E-state index is 16.7. The topological polar surface area (TPSA) is 115 Å². The number of piperazine rings is 1. The van der Waals surface area contributed by atoms with E-state index < -0.39 is 12.0 Å². The minimum atomic E-state index is -0.881. The highest BCUT2D eigenvalue weighted by Gasteiger charge is 2.49. The van der Waals surface area contributed by atoms with Crippen molar-refractivity contribution in [2.24, 2.45) is 0 Å². The lowest BCUT2D eigenvalue weighted by Gasteiger charge is -2.38. The van der Waals surface area contributed by atoms with E-state index in [4.69, 9.17) is 25.2 Å². The number of aromatic nitrogens is 4. The number of halogens is 2. The number of fused-ring (bicyclic) bond motifs is 4. The van der Waals surface area contributed by atoms with E-state index in [0.717, 1.165) is 31.3 Å². The van der Waals surface area contributed by atoms with Crippen molar-refractivity contribution in [2.75, 3.05) is 50.0 Å². The lowest BCUT2D eigenvalue weighted by atomic mass is 9.95. The zero-order valence-corrected chi connectivity index (χ0v) is 23.3. The summed E-state index contributed by atoms with van der Waals surface area (Å²) in [6.45, 7) is 5.57. The van der Waals surface area contributed by atoms with E-state index in [2.05, 4.69) is 25.1 Å². The van der Waals surface area contributed by atoms with Crippen LogP contribution in [-0.2, 0) is 0 Å². The Morgan fingerprint density at radius 1 is 1.14 bits per heavy atom. The number of nitrogens with two attached hydrogens (primary N) is 1. The summed E-state index contributed by atoms with van der Waals surface area (Å²) in [6.07, 6.45) is 1.12. The van der Waals surface area contributed by atoms with Gasteiger partial charge in [0.1, 0.15) is 47.1 Å². The molecule has 10 nitrogen and oxygen atoms in total. The first kappa shape index (κ1) is 25.8. The lowest BCUT2D eigenvalue weighted by Crippen LogP contribution is -2.56. The molecule has 7 heterocycles. The zero-order chi connectivity index (χ0) is 28.6. The standard InChI is InChI=1S/C30H32F2N8O2/c1-16-20-13-34-9-11-40(20)27-22-26(37-29(38-27)41-15-30-8-3-10-39(30)14-18(31)12-30)23(32)25(36-28(22)42-16)19-5-2-4-17-6-7-21(33)35-24(17)19/h2,4-7,16,18,20,34H,3,8-15H2,1H3,(H2,33,35)/t16-,18+,20-,30-/m0/s1. The summed E-state index contributed by atoms with van der Waals surface area (Å²) < 4.78 is 43.9.